The van der Waals surface area contributed by atoms with Gasteiger partial charge in [0.25, 0.3) is 0 Å². The summed E-state index contributed by atoms with van der Waals surface area (Å²) in [6.07, 6.45) is 0. The first kappa shape index (κ1) is 14.6. The lowest BCUT2D eigenvalue weighted by Crippen LogP contribution is -1.99. The Morgan fingerprint density at radius 3 is 2.35 bits per heavy atom. The average molecular weight is 299 g/mol. The van der Waals surface area contributed by atoms with Crippen LogP contribution in [-0.2, 0) is 12.5 Å². The van der Waals surface area contributed by atoms with Crippen molar-refractivity contribution in [2.24, 2.45) is 0 Å². The van der Waals surface area contributed by atoms with Gasteiger partial charge in [0.2, 0.25) is 0 Å². The molecule has 0 aliphatic carbocycles. The summed E-state index contributed by atoms with van der Waals surface area (Å²) in [5.41, 5.74) is 1.17. The molecule has 0 atom stereocenters. The van der Waals surface area contributed by atoms with Crippen molar-refractivity contribution in [2.75, 3.05) is 7.11 Å². The van der Waals surface area contributed by atoms with E-state index in [0.717, 1.165) is 11.6 Å². The molecule has 0 bridgehead atoms. The Balaban J connectivity index is 2.14. The summed E-state index contributed by atoms with van der Waals surface area (Å²) >= 11 is 5.84. The van der Waals surface area contributed by atoms with Crippen molar-refractivity contribution < 1.29 is 18.3 Å². The van der Waals surface area contributed by atoms with Crippen molar-refractivity contribution in [1.82, 2.24) is 0 Å². The zero-order valence-electron chi connectivity index (χ0n) is 10.8. The molecular formula is C15H13ClF2O2. The number of methoxy groups -OCH3 is 1. The third-order valence-electron chi connectivity index (χ3n) is 2.73. The molecule has 0 aromatic heterocycles. The maximum absolute atomic E-state index is 13.1. The van der Waals surface area contributed by atoms with E-state index in [1.54, 1.807) is 25.3 Å². The molecule has 0 unspecified atom stereocenters. The first-order chi connectivity index (χ1) is 9.62. The fraction of sp³-hybridized carbons (Fsp3) is 0.200. The highest BCUT2D eigenvalue weighted by atomic mass is 35.5. The van der Waals surface area contributed by atoms with Crippen molar-refractivity contribution in [3.63, 3.8) is 0 Å². The van der Waals surface area contributed by atoms with Crippen molar-refractivity contribution in [3.8, 4) is 11.5 Å². The summed E-state index contributed by atoms with van der Waals surface area (Å²) in [6, 6.07) is 8.49. The van der Waals surface area contributed by atoms with Gasteiger partial charge in [0, 0.05) is 11.6 Å². The number of rotatable bonds is 5. The van der Waals surface area contributed by atoms with E-state index in [1.165, 1.54) is 12.1 Å². The molecule has 2 aromatic carbocycles. The van der Waals surface area contributed by atoms with Crippen molar-refractivity contribution in [2.45, 2.75) is 12.5 Å². The van der Waals surface area contributed by atoms with E-state index in [0.29, 0.717) is 17.1 Å². The summed E-state index contributed by atoms with van der Waals surface area (Å²) in [4.78, 5) is 0. The highest BCUT2D eigenvalue weighted by molar-refractivity contribution is 6.17. The van der Waals surface area contributed by atoms with Gasteiger partial charge in [0.1, 0.15) is 29.7 Å². The van der Waals surface area contributed by atoms with Crippen LogP contribution in [0.1, 0.15) is 11.1 Å². The maximum atomic E-state index is 13.1. The number of halogens is 3. The first-order valence-corrected chi connectivity index (χ1v) is 6.46. The maximum Gasteiger partial charge on any atom is 0.126 e. The Kier molecular flexibility index (Phi) is 4.79. The molecule has 0 saturated carbocycles. The molecule has 0 amide bonds. The second-order valence-electron chi connectivity index (χ2n) is 4.17. The normalized spacial score (nSPS) is 10.4. The molecule has 0 radical (unpaired) electrons. The predicted molar refractivity (Wildman–Crippen MR) is 73.2 cm³/mol. The summed E-state index contributed by atoms with van der Waals surface area (Å²) in [6.45, 7) is 0.0604. The first-order valence-electron chi connectivity index (χ1n) is 5.93. The van der Waals surface area contributed by atoms with E-state index < -0.39 is 11.6 Å². The van der Waals surface area contributed by atoms with Gasteiger partial charge in [-0.25, -0.2) is 8.78 Å². The average Bonchev–Trinajstić information content (AvgIpc) is 2.44. The van der Waals surface area contributed by atoms with Crippen LogP contribution >= 0.6 is 11.6 Å². The quantitative estimate of drug-likeness (QED) is 0.767. The zero-order valence-corrected chi connectivity index (χ0v) is 11.6. The van der Waals surface area contributed by atoms with E-state index in [9.17, 15) is 8.78 Å². The predicted octanol–water partition coefficient (Wildman–Crippen LogP) is 4.29. The molecule has 2 nitrogen and oxygen atoms in total. The van der Waals surface area contributed by atoms with E-state index in [2.05, 4.69) is 0 Å². The third kappa shape index (κ3) is 3.61. The topological polar surface area (TPSA) is 18.5 Å². The van der Waals surface area contributed by atoms with Crippen LogP contribution in [0.15, 0.2) is 36.4 Å². The van der Waals surface area contributed by atoms with Gasteiger partial charge in [0.15, 0.2) is 0 Å². The zero-order chi connectivity index (χ0) is 14.5. The molecule has 20 heavy (non-hydrogen) atoms. The summed E-state index contributed by atoms with van der Waals surface area (Å²) in [5, 5.41) is 0. The van der Waals surface area contributed by atoms with Crippen LogP contribution in [0.4, 0.5) is 8.78 Å². The lowest BCUT2D eigenvalue weighted by atomic mass is 10.2. The third-order valence-corrected chi connectivity index (χ3v) is 3.02. The Bertz CT molecular complexity index is 582. The van der Waals surface area contributed by atoms with Gasteiger partial charge in [-0.05, 0) is 35.9 Å². The standard InChI is InChI=1S/C15H13ClF2O2/c1-19-14-2-3-15(11(6-14)8-16)20-9-10-4-12(17)7-13(18)5-10/h2-7H,8-9H2,1H3. The lowest BCUT2D eigenvalue weighted by Gasteiger charge is -2.11. The van der Waals surface area contributed by atoms with Gasteiger partial charge >= 0.3 is 0 Å². The molecule has 0 spiro atoms. The summed E-state index contributed by atoms with van der Waals surface area (Å²) in [5.74, 6) is 0.228. The molecule has 0 N–H and O–H groups in total. The summed E-state index contributed by atoms with van der Waals surface area (Å²) < 4.78 is 36.8. The van der Waals surface area contributed by atoms with Gasteiger partial charge < -0.3 is 9.47 Å². The highest BCUT2D eigenvalue weighted by Gasteiger charge is 2.07. The van der Waals surface area contributed by atoms with E-state index in [-0.39, 0.29) is 12.5 Å². The fourth-order valence-electron chi connectivity index (χ4n) is 1.78. The molecule has 0 aliphatic heterocycles. The number of benzene rings is 2. The lowest BCUT2D eigenvalue weighted by molar-refractivity contribution is 0.301. The molecule has 0 fully saturated rings. The molecule has 106 valence electrons. The molecule has 2 rings (SSSR count). The number of hydrogen-bond donors (Lipinski definition) is 0. The van der Waals surface area contributed by atoms with E-state index >= 15 is 0 Å². The van der Waals surface area contributed by atoms with Crippen LogP contribution in [0.2, 0.25) is 0 Å². The fourth-order valence-corrected chi connectivity index (χ4v) is 1.99. The second kappa shape index (κ2) is 6.57. The van der Waals surface area contributed by atoms with Gasteiger partial charge in [-0.3, -0.25) is 0 Å². The van der Waals surface area contributed by atoms with Crippen molar-refractivity contribution in [3.05, 3.63) is 59.2 Å². The molecule has 0 aliphatic rings. The minimum Gasteiger partial charge on any atom is -0.497 e. The summed E-state index contributed by atoms with van der Waals surface area (Å²) in [7, 11) is 1.56. The van der Waals surface area contributed by atoms with Crippen LogP contribution in [0.5, 0.6) is 11.5 Å². The Hall–Kier alpha value is -1.81. The molecule has 0 heterocycles. The Morgan fingerprint density at radius 2 is 1.75 bits per heavy atom. The number of alkyl halides is 1. The van der Waals surface area contributed by atoms with Crippen LogP contribution < -0.4 is 9.47 Å². The minimum absolute atomic E-state index is 0.0604. The minimum atomic E-state index is -0.629. The Labute approximate surface area is 120 Å². The van der Waals surface area contributed by atoms with Gasteiger partial charge in [-0.1, -0.05) is 0 Å². The highest BCUT2D eigenvalue weighted by Crippen LogP contribution is 2.26. The monoisotopic (exact) mass is 298 g/mol. The largest absolute Gasteiger partial charge is 0.497 e. The van der Waals surface area contributed by atoms with Crippen LogP contribution in [0.25, 0.3) is 0 Å². The van der Waals surface area contributed by atoms with Crippen molar-refractivity contribution in [1.29, 1.82) is 0 Å². The van der Waals surface area contributed by atoms with Crippen LogP contribution in [-0.4, -0.2) is 7.11 Å². The van der Waals surface area contributed by atoms with Crippen LogP contribution in [0, 0.1) is 11.6 Å². The smallest absolute Gasteiger partial charge is 0.126 e. The van der Waals surface area contributed by atoms with E-state index in [4.69, 9.17) is 21.1 Å². The Morgan fingerprint density at radius 1 is 1.05 bits per heavy atom. The number of ether oxygens (including phenoxy) is 2. The molecular weight excluding hydrogens is 286 g/mol. The van der Waals surface area contributed by atoms with Gasteiger partial charge in [0.05, 0.1) is 13.0 Å². The number of hydrogen-bond acceptors (Lipinski definition) is 2. The van der Waals surface area contributed by atoms with Gasteiger partial charge in [-0.2, -0.15) is 0 Å². The second-order valence-corrected chi connectivity index (χ2v) is 4.44. The van der Waals surface area contributed by atoms with E-state index in [1.807, 2.05) is 0 Å². The van der Waals surface area contributed by atoms with Crippen molar-refractivity contribution >= 4 is 11.6 Å². The van der Waals surface area contributed by atoms with Crippen LogP contribution in [0.3, 0.4) is 0 Å². The SMILES string of the molecule is COc1ccc(OCc2cc(F)cc(F)c2)c(CCl)c1. The molecule has 0 saturated heterocycles. The molecule has 2 aromatic rings. The molecule has 5 heteroatoms. The van der Waals surface area contributed by atoms with Gasteiger partial charge in [-0.15, -0.1) is 11.6 Å².